The maximum absolute atomic E-state index is 13.8. The Morgan fingerprint density at radius 2 is 1.63 bits per heavy atom. The molecule has 2 aromatic rings. The van der Waals surface area contributed by atoms with E-state index in [4.69, 9.17) is 17.0 Å². The average molecular weight is 388 g/mol. The van der Waals surface area contributed by atoms with Gasteiger partial charge in [0.25, 0.3) is 5.17 Å². The second-order valence-corrected chi connectivity index (χ2v) is 7.66. The maximum Gasteiger partial charge on any atom is 0.257 e. The molecule has 3 nitrogen and oxygen atoms in total. The molecule has 3 fully saturated rings. The molecule has 0 saturated carbocycles. The topological polar surface area (TPSA) is 24.5 Å². The molecule has 0 amide bonds. The van der Waals surface area contributed by atoms with E-state index in [0.717, 1.165) is 32.5 Å². The van der Waals surface area contributed by atoms with Crippen LogP contribution in [0.4, 0.5) is 8.78 Å². The van der Waals surface area contributed by atoms with E-state index in [1.807, 2.05) is 0 Å². The summed E-state index contributed by atoms with van der Waals surface area (Å²) in [4.78, 5) is 2.43. The van der Waals surface area contributed by atoms with Crippen molar-refractivity contribution in [1.29, 1.82) is 0 Å². The van der Waals surface area contributed by atoms with Crippen LogP contribution in [0.1, 0.15) is 30.1 Å². The molecule has 0 aliphatic carbocycles. The number of benzene rings is 2. The fourth-order valence-corrected chi connectivity index (χ4v) is 4.34. The molecule has 0 radical (unpaired) electrons. The van der Waals surface area contributed by atoms with E-state index >= 15 is 0 Å². The van der Waals surface area contributed by atoms with Crippen molar-refractivity contribution in [1.82, 2.24) is 10.2 Å². The van der Waals surface area contributed by atoms with Crippen LogP contribution in [0.2, 0.25) is 0 Å². The van der Waals surface area contributed by atoms with Crippen molar-refractivity contribution in [2.24, 2.45) is 5.92 Å². The SMILES string of the molecule is Fc1cccc(C(OC(=S)NC2CN3CCC2CC3)c2cccc(F)c2)c1. The molecule has 3 heterocycles. The van der Waals surface area contributed by atoms with Crippen LogP contribution in [0.15, 0.2) is 48.5 Å². The lowest BCUT2D eigenvalue weighted by Gasteiger charge is -2.45. The van der Waals surface area contributed by atoms with Crippen molar-refractivity contribution in [2.75, 3.05) is 19.6 Å². The van der Waals surface area contributed by atoms with Gasteiger partial charge in [-0.25, -0.2) is 8.78 Å². The fraction of sp³-hybridized carbons (Fsp3) is 0.381. The second-order valence-electron chi connectivity index (χ2n) is 7.28. The Hall–Kier alpha value is -2.05. The van der Waals surface area contributed by atoms with Crippen molar-refractivity contribution in [2.45, 2.75) is 25.0 Å². The highest BCUT2D eigenvalue weighted by Crippen LogP contribution is 2.30. The number of fused-ring (bicyclic) bond motifs is 3. The van der Waals surface area contributed by atoms with E-state index in [-0.39, 0.29) is 22.9 Å². The normalized spacial score (nSPS) is 24.0. The molecule has 1 atom stereocenters. The zero-order valence-corrected chi connectivity index (χ0v) is 15.7. The summed E-state index contributed by atoms with van der Waals surface area (Å²) in [5, 5.41) is 3.60. The predicted octanol–water partition coefficient (Wildman–Crippen LogP) is 4.04. The van der Waals surface area contributed by atoms with Gasteiger partial charge in [0.15, 0.2) is 6.10 Å². The highest BCUT2D eigenvalue weighted by molar-refractivity contribution is 7.80. The van der Waals surface area contributed by atoms with Gasteiger partial charge >= 0.3 is 0 Å². The molecule has 5 rings (SSSR count). The van der Waals surface area contributed by atoms with Gasteiger partial charge in [-0.1, -0.05) is 24.3 Å². The maximum atomic E-state index is 13.8. The molecule has 2 aromatic carbocycles. The van der Waals surface area contributed by atoms with Crippen molar-refractivity contribution in [3.63, 3.8) is 0 Å². The smallest absolute Gasteiger partial charge is 0.257 e. The summed E-state index contributed by atoms with van der Waals surface area (Å²) >= 11 is 5.45. The third-order valence-corrected chi connectivity index (χ3v) is 5.70. The first kappa shape index (κ1) is 18.3. The van der Waals surface area contributed by atoms with E-state index in [0.29, 0.717) is 17.0 Å². The summed E-state index contributed by atoms with van der Waals surface area (Å²) in [6.07, 6.45) is 1.66. The van der Waals surface area contributed by atoms with Gasteiger partial charge in [0.05, 0.1) is 0 Å². The highest BCUT2D eigenvalue weighted by Gasteiger charge is 2.35. The van der Waals surface area contributed by atoms with Gasteiger partial charge in [-0.2, -0.15) is 0 Å². The van der Waals surface area contributed by atoms with Crippen LogP contribution in [0.5, 0.6) is 0 Å². The van der Waals surface area contributed by atoms with E-state index in [1.165, 1.54) is 24.3 Å². The number of nitrogens with one attached hydrogen (secondary N) is 1. The summed E-state index contributed by atoms with van der Waals surface area (Å²) in [7, 11) is 0. The Labute approximate surface area is 163 Å². The molecular weight excluding hydrogens is 366 g/mol. The minimum absolute atomic E-state index is 0.265. The van der Waals surface area contributed by atoms with Gasteiger partial charge < -0.3 is 15.0 Å². The monoisotopic (exact) mass is 388 g/mol. The van der Waals surface area contributed by atoms with Crippen LogP contribution in [0.3, 0.4) is 0 Å². The summed E-state index contributed by atoms with van der Waals surface area (Å²) < 4.78 is 33.5. The number of nitrogens with zero attached hydrogens (tertiary/aromatic N) is 1. The van der Waals surface area contributed by atoms with Crippen LogP contribution < -0.4 is 5.32 Å². The summed E-state index contributed by atoms with van der Waals surface area (Å²) in [5.74, 6) is -0.138. The Morgan fingerprint density at radius 1 is 1.04 bits per heavy atom. The van der Waals surface area contributed by atoms with Crippen LogP contribution in [0, 0.1) is 17.6 Å². The van der Waals surface area contributed by atoms with Gasteiger partial charge in [0.2, 0.25) is 0 Å². The van der Waals surface area contributed by atoms with E-state index in [2.05, 4.69) is 10.2 Å². The zero-order valence-electron chi connectivity index (χ0n) is 14.9. The van der Waals surface area contributed by atoms with Crippen molar-refractivity contribution < 1.29 is 13.5 Å². The van der Waals surface area contributed by atoms with Crippen LogP contribution in [-0.2, 0) is 4.74 Å². The van der Waals surface area contributed by atoms with Crippen LogP contribution in [-0.4, -0.2) is 35.8 Å². The molecule has 27 heavy (non-hydrogen) atoms. The van der Waals surface area contributed by atoms with Gasteiger partial charge in [0, 0.05) is 12.6 Å². The minimum atomic E-state index is -0.669. The number of ether oxygens (including phenoxy) is 1. The Kier molecular flexibility index (Phi) is 5.36. The zero-order chi connectivity index (χ0) is 18.8. The molecule has 2 bridgehead atoms. The predicted molar refractivity (Wildman–Crippen MR) is 104 cm³/mol. The standard InChI is InChI=1S/C21H22F2N2OS/c22-17-5-1-3-15(11-17)20(16-4-2-6-18(23)12-16)26-21(27)24-19-13-25-9-7-14(19)8-10-25/h1-6,11-12,14,19-20H,7-10,13H2,(H,24,27). The molecular formula is C21H22F2N2OS. The molecule has 0 aromatic heterocycles. The van der Waals surface area contributed by atoms with Gasteiger partial charge in [-0.3, -0.25) is 0 Å². The van der Waals surface area contributed by atoms with E-state index in [1.54, 1.807) is 24.3 Å². The summed E-state index contributed by atoms with van der Waals surface area (Å²) in [6, 6.07) is 12.5. The first-order valence-corrected chi connectivity index (χ1v) is 9.70. The number of rotatable bonds is 4. The number of thiocarbonyl (C=S) groups is 1. The largest absolute Gasteiger partial charge is 0.458 e. The number of piperidine rings is 3. The number of hydrogen-bond donors (Lipinski definition) is 1. The molecule has 1 N–H and O–H groups in total. The average Bonchev–Trinajstić information content (AvgIpc) is 2.67. The summed E-state index contributed by atoms with van der Waals surface area (Å²) in [5.41, 5.74) is 1.19. The van der Waals surface area contributed by atoms with E-state index < -0.39 is 6.10 Å². The minimum Gasteiger partial charge on any atom is -0.458 e. The van der Waals surface area contributed by atoms with Crippen molar-refractivity contribution in [3.05, 3.63) is 71.3 Å². The Bertz CT molecular complexity index is 778. The number of hydrogen-bond acceptors (Lipinski definition) is 3. The van der Waals surface area contributed by atoms with E-state index in [9.17, 15) is 8.78 Å². The second kappa shape index (κ2) is 7.90. The lowest BCUT2D eigenvalue weighted by Crippen LogP contribution is -2.57. The Balaban J connectivity index is 1.53. The quantitative estimate of drug-likeness (QED) is 0.799. The van der Waals surface area contributed by atoms with Crippen molar-refractivity contribution >= 4 is 17.4 Å². The van der Waals surface area contributed by atoms with Crippen LogP contribution in [0.25, 0.3) is 0 Å². The summed E-state index contributed by atoms with van der Waals surface area (Å²) in [6.45, 7) is 3.25. The van der Waals surface area contributed by atoms with Crippen molar-refractivity contribution in [3.8, 4) is 0 Å². The number of halogens is 2. The molecule has 3 aliphatic heterocycles. The lowest BCUT2D eigenvalue weighted by atomic mass is 9.84. The van der Waals surface area contributed by atoms with Gasteiger partial charge in [0.1, 0.15) is 11.6 Å². The fourth-order valence-electron chi connectivity index (χ4n) is 4.09. The highest BCUT2D eigenvalue weighted by atomic mass is 32.1. The molecule has 6 heteroatoms. The van der Waals surface area contributed by atoms with Gasteiger partial charge in [-0.15, -0.1) is 0 Å². The first-order valence-electron chi connectivity index (χ1n) is 9.29. The van der Waals surface area contributed by atoms with Gasteiger partial charge in [-0.05, 0) is 79.5 Å². The third-order valence-electron chi connectivity index (χ3n) is 5.49. The Morgan fingerprint density at radius 3 is 2.11 bits per heavy atom. The molecule has 3 aliphatic rings. The molecule has 142 valence electrons. The third kappa shape index (κ3) is 4.28. The van der Waals surface area contributed by atoms with Crippen LogP contribution >= 0.6 is 12.2 Å². The molecule has 0 spiro atoms. The lowest BCUT2D eigenvalue weighted by molar-refractivity contribution is 0.0766. The molecule has 1 unspecified atom stereocenters. The molecule has 3 saturated heterocycles. The first-order chi connectivity index (χ1) is 13.1.